The van der Waals surface area contributed by atoms with E-state index >= 15 is 0 Å². The van der Waals surface area contributed by atoms with Crippen LogP contribution >= 0.6 is 11.3 Å². The summed E-state index contributed by atoms with van der Waals surface area (Å²) >= 11 is 1.75. The van der Waals surface area contributed by atoms with Gasteiger partial charge >= 0.3 is 0 Å². The molecule has 1 aromatic heterocycles. The van der Waals surface area contributed by atoms with Crippen molar-refractivity contribution in [2.24, 2.45) is 0 Å². The Morgan fingerprint density at radius 3 is 3.08 bits per heavy atom. The Kier molecular flexibility index (Phi) is 2.41. The molecular weight excluding hydrogens is 182 g/mol. The number of β-amino-alcohol motifs (C(OH)–C–C–N with tert-alkyl or cyclic N) is 1. The largest absolute Gasteiger partial charge is 0.388 e. The van der Waals surface area contributed by atoms with Crippen LogP contribution in [0.5, 0.6) is 0 Å². The first-order valence-electron chi connectivity index (χ1n) is 4.65. The standard InChI is InChI=1S/C10H15NOS/c1-8-4-9(13-6-8)5-10(12)2-3-11-7-10/h4,6,11-12H,2-3,5,7H2,1H3. The van der Waals surface area contributed by atoms with Crippen molar-refractivity contribution in [1.82, 2.24) is 5.32 Å². The average Bonchev–Trinajstić information content (AvgIpc) is 2.62. The summed E-state index contributed by atoms with van der Waals surface area (Å²) in [5.41, 5.74) is 0.812. The lowest BCUT2D eigenvalue weighted by atomic mass is 9.98. The van der Waals surface area contributed by atoms with Gasteiger partial charge in [0.05, 0.1) is 5.60 Å². The van der Waals surface area contributed by atoms with Gasteiger partial charge in [0, 0.05) is 17.8 Å². The molecule has 1 aliphatic heterocycles. The van der Waals surface area contributed by atoms with Crippen LogP contribution in [0.1, 0.15) is 16.9 Å². The first-order chi connectivity index (χ1) is 6.18. The smallest absolute Gasteiger partial charge is 0.0831 e. The zero-order valence-electron chi connectivity index (χ0n) is 7.84. The number of hydrogen-bond acceptors (Lipinski definition) is 3. The van der Waals surface area contributed by atoms with Crippen LogP contribution < -0.4 is 5.32 Å². The lowest BCUT2D eigenvalue weighted by Gasteiger charge is -2.19. The SMILES string of the molecule is Cc1csc(CC2(O)CCNC2)c1. The lowest BCUT2D eigenvalue weighted by molar-refractivity contribution is 0.0627. The molecule has 1 atom stereocenters. The molecule has 1 fully saturated rings. The summed E-state index contributed by atoms with van der Waals surface area (Å²) in [5.74, 6) is 0. The van der Waals surface area contributed by atoms with E-state index in [0.29, 0.717) is 0 Å². The van der Waals surface area contributed by atoms with Crippen molar-refractivity contribution < 1.29 is 5.11 Å². The highest BCUT2D eigenvalue weighted by molar-refractivity contribution is 7.10. The van der Waals surface area contributed by atoms with Gasteiger partial charge in [0.2, 0.25) is 0 Å². The lowest BCUT2D eigenvalue weighted by Crippen LogP contribution is -2.33. The normalized spacial score (nSPS) is 28.2. The van der Waals surface area contributed by atoms with Gasteiger partial charge in [-0.2, -0.15) is 0 Å². The molecule has 0 amide bonds. The summed E-state index contributed by atoms with van der Waals surface area (Å²) < 4.78 is 0. The molecule has 1 aliphatic rings. The molecule has 2 heterocycles. The van der Waals surface area contributed by atoms with E-state index in [2.05, 4.69) is 23.7 Å². The van der Waals surface area contributed by atoms with Crippen LogP contribution in [0, 0.1) is 6.92 Å². The monoisotopic (exact) mass is 197 g/mol. The Morgan fingerprint density at radius 2 is 2.54 bits per heavy atom. The van der Waals surface area contributed by atoms with Gasteiger partial charge in [-0.05, 0) is 36.9 Å². The number of hydrogen-bond donors (Lipinski definition) is 2. The van der Waals surface area contributed by atoms with E-state index in [-0.39, 0.29) is 0 Å². The molecule has 0 aliphatic carbocycles. The third kappa shape index (κ3) is 2.10. The molecular formula is C10H15NOS. The molecule has 1 saturated heterocycles. The van der Waals surface area contributed by atoms with Gasteiger partial charge < -0.3 is 10.4 Å². The van der Waals surface area contributed by atoms with Crippen LogP contribution in [0.15, 0.2) is 11.4 Å². The fourth-order valence-electron chi connectivity index (χ4n) is 1.79. The second-order valence-corrected chi connectivity index (χ2v) is 4.91. The maximum atomic E-state index is 10.1. The predicted octanol–water partition coefficient (Wildman–Crippen LogP) is 1.32. The summed E-state index contributed by atoms with van der Waals surface area (Å²) in [6, 6.07) is 2.17. The number of aryl methyl sites for hydroxylation is 1. The molecule has 13 heavy (non-hydrogen) atoms. The van der Waals surface area contributed by atoms with Gasteiger partial charge in [-0.25, -0.2) is 0 Å². The summed E-state index contributed by atoms with van der Waals surface area (Å²) in [5, 5.41) is 15.4. The van der Waals surface area contributed by atoms with E-state index in [4.69, 9.17) is 0 Å². The van der Waals surface area contributed by atoms with E-state index in [1.165, 1.54) is 10.4 Å². The van der Waals surface area contributed by atoms with Crippen molar-refractivity contribution in [3.8, 4) is 0 Å². The molecule has 1 unspecified atom stereocenters. The fraction of sp³-hybridized carbons (Fsp3) is 0.600. The molecule has 0 radical (unpaired) electrons. The maximum Gasteiger partial charge on any atom is 0.0831 e. The van der Waals surface area contributed by atoms with Gasteiger partial charge in [-0.3, -0.25) is 0 Å². The van der Waals surface area contributed by atoms with Crippen molar-refractivity contribution in [2.45, 2.75) is 25.4 Å². The number of rotatable bonds is 2. The number of aliphatic hydroxyl groups is 1. The number of nitrogens with one attached hydrogen (secondary N) is 1. The molecule has 3 heteroatoms. The maximum absolute atomic E-state index is 10.1. The quantitative estimate of drug-likeness (QED) is 0.749. The zero-order valence-corrected chi connectivity index (χ0v) is 8.66. The van der Waals surface area contributed by atoms with Gasteiger partial charge in [0.15, 0.2) is 0 Å². The molecule has 2 nitrogen and oxygen atoms in total. The first-order valence-corrected chi connectivity index (χ1v) is 5.53. The van der Waals surface area contributed by atoms with E-state index in [1.807, 2.05) is 0 Å². The third-order valence-corrected chi connectivity index (χ3v) is 3.56. The highest BCUT2D eigenvalue weighted by atomic mass is 32.1. The summed E-state index contributed by atoms with van der Waals surface area (Å²) in [6.45, 7) is 3.78. The van der Waals surface area contributed by atoms with Crippen LogP contribution in [0.25, 0.3) is 0 Å². The van der Waals surface area contributed by atoms with Crippen molar-refractivity contribution >= 4 is 11.3 Å². The minimum atomic E-state index is -0.489. The van der Waals surface area contributed by atoms with Gasteiger partial charge in [-0.15, -0.1) is 11.3 Å². The molecule has 0 bridgehead atoms. The second kappa shape index (κ2) is 3.40. The molecule has 0 spiro atoms. The van der Waals surface area contributed by atoms with Crippen LogP contribution in [-0.2, 0) is 6.42 Å². The van der Waals surface area contributed by atoms with Crippen molar-refractivity contribution in [1.29, 1.82) is 0 Å². The first kappa shape index (κ1) is 9.19. The van der Waals surface area contributed by atoms with Crippen LogP contribution in [0.3, 0.4) is 0 Å². The average molecular weight is 197 g/mol. The Labute approximate surface area is 82.6 Å². The highest BCUT2D eigenvalue weighted by Crippen LogP contribution is 2.24. The molecule has 72 valence electrons. The van der Waals surface area contributed by atoms with Crippen molar-refractivity contribution in [3.63, 3.8) is 0 Å². The van der Waals surface area contributed by atoms with E-state index in [1.54, 1.807) is 11.3 Å². The Balaban J connectivity index is 2.04. The molecule has 1 aromatic rings. The molecule has 0 saturated carbocycles. The minimum Gasteiger partial charge on any atom is -0.388 e. The van der Waals surface area contributed by atoms with E-state index < -0.39 is 5.60 Å². The molecule has 2 rings (SSSR count). The highest BCUT2D eigenvalue weighted by Gasteiger charge is 2.31. The second-order valence-electron chi connectivity index (χ2n) is 3.92. The molecule has 0 aromatic carbocycles. The van der Waals surface area contributed by atoms with Gasteiger partial charge in [0.25, 0.3) is 0 Å². The van der Waals surface area contributed by atoms with Crippen molar-refractivity contribution in [3.05, 3.63) is 21.9 Å². The summed E-state index contributed by atoms with van der Waals surface area (Å²) in [7, 11) is 0. The molecule has 2 N–H and O–H groups in total. The predicted molar refractivity (Wildman–Crippen MR) is 55.2 cm³/mol. The summed E-state index contributed by atoms with van der Waals surface area (Å²) in [4.78, 5) is 1.30. The Morgan fingerprint density at radius 1 is 1.69 bits per heavy atom. The third-order valence-electron chi connectivity index (χ3n) is 2.51. The van der Waals surface area contributed by atoms with E-state index in [0.717, 1.165) is 25.9 Å². The minimum absolute atomic E-state index is 0.489. The summed E-state index contributed by atoms with van der Waals surface area (Å²) in [6.07, 6.45) is 1.68. The Bertz CT molecular complexity index is 289. The van der Waals surface area contributed by atoms with Gasteiger partial charge in [-0.1, -0.05) is 0 Å². The fourth-order valence-corrected chi connectivity index (χ4v) is 2.80. The van der Waals surface area contributed by atoms with Crippen LogP contribution in [0.4, 0.5) is 0 Å². The van der Waals surface area contributed by atoms with Crippen molar-refractivity contribution in [2.75, 3.05) is 13.1 Å². The Hall–Kier alpha value is -0.380. The van der Waals surface area contributed by atoms with Crippen LogP contribution in [0.2, 0.25) is 0 Å². The van der Waals surface area contributed by atoms with E-state index in [9.17, 15) is 5.11 Å². The topological polar surface area (TPSA) is 32.3 Å². The number of thiophene rings is 1. The van der Waals surface area contributed by atoms with Crippen LogP contribution in [-0.4, -0.2) is 23.8 Å². The van der Waals surface area contributed by atoms with Gasteiger partial charge in [0.1, 0.15) is 0 Å². The zero-order chi connectivity index (χ0) is 9.31.